The Labute approximate surface area is 139 Å². The van der Waals surface area contributed by atoms with Gasteiger partial charge in [-0.1, -0.05) is 11.2 Å². The van der Waals surface area contributed by atoms with Crippen molar-refractivity contribution in [3.63, 3.8) is 0 Å². The number of amides is 1. The summed E-state index contributed by atoms with van der Waals surface area (Å²) >= 11 is 0. The number of rotatable bonds is 5. The minimum Gasteiger partial charge on any atom is -0.361 e. The molecule has 0 fully saturated rings. The third kappa shape index (κ3) is 3.46. The zero-order valence-corrected chi connectivity index (χ0v) is 14.4. The molecule has 1 aromatic heterocycles. The van der Waals surface area contributed by atoms with Gasteiger partial charge < -0.3 is 9.84 Å². The summed E-state index contributed by atoms with van der Waals surface area (Å²) in [7, 11) is 3.19. The zero-order chi connectivity index (χ0) is 18.0. The maximum absolute atomic E-state index is 14.1. The lowest BCUT2D eigenvalue weighted by Crippen LogP contribution is -2.39. The Kier molecular flexibility index (Phi) is 5.33. The summed E-state index contributed by atoms with van der Waals surface area (Å²) < 4.78 is 33.3. The van der Waals surface area contributed by atoms with Crippen molar-refractivity contribution in [1.82, 2.24) is 15.4 Å². The van der Waals surface area contributed by atoms with Crippen molar-refractivity contribution in [2.75, 3.05) is 14.1 Å². The first-order valence-electron chi connectivity index (χ1n) is 7.57. The first-order chi connectivity index (χ1) is 11.2. The molecule has 2 atom stereocenters. The summed E-state index contributed by atoms with van der Waals surface area (Å²) in [5.74, 6) is -1.42. The third-order valence-electron chi connectivity index (χ3n) is 3.92. The monoisotopic (exact) mass is 337 g/mol. The van der Waals surface area contributed by atoms with Crippen LogP contribution in [0.3, 0.4) is 0 Å². The number of benzene rings is 1. The lowest BCUT2D eigenvalue weighted by molar-refractivity contribution is -0.126. The molecule has 0 saturated heterocycles. The van der Waals surface area contributed by atoms with E-state index < -0.39 is 29.6 Å². The number of hydrogen-bond donors (Lipinski definition) is 1. The third-order valence-corrected chi connectivity index (χ3v) is 3.92. The Morgan fingerprint density at radius 1 is 1.21 bits per heavy atom. The predicted octanol–water partition coefficient (Wildman–Crippen LogP) is 3.05. The van der Waals surface area contributed by atoms with Crippen LogP contribution in [0.5, 0.6) is 0 Å². The second-order valence-electron chi connectivity index (χ2n) is 5.97. The predicted molar refractivity (Wildman–Crippen MR) is 85.3 cm³/mol. The maximum atomic E-state index is 14.1. The molecule has 0 unspecified atom stereocenters. The number of aromatic nitrogens is 1. The summed E-state index contributed by atoms with van der Waals surface area (Å²) in [5.41, 5.74) is 1.15. The van der Waals surface area contributed by atoms with Crippen molar-refractivity contribution in [1.29, 1.82) is 0 Å². The smallest absolute Gasteiger partial charge is 0.242 e. The van der Waals surface area contributed by atoms with Gasteiger partial charge in [0.05, 0.1) is 17.3 Å². The molecule has 0 saturated carbocycles. The Morgan fingerprint density at radius 3 is 2.25 bits per heavy atom. The highest BCUT2D eigenvalue weighted by Gasteiger charge is 2.30. The van der Waals surface area contributed by atoms with Gasteiger partial charge in [-0.25, -0.2) is 8.78 Å². The molecular formula is C17H21F2N3O2. The number of aryl methyl sites for hydroxylation is 2. The van der Waals surface area contributed by atoms with Gasteiger partial charge in [-0.2, -0.15) is 0 Å². The van der Waals surface area contributed by atoms with Crippen LogP contribution in [0, 0.1) is 25.5 Å². The van der Waals surface area contributed by atoms with Gasteiger partial charge >= 0.3 is 0 Å². The maximum Gasteiger partial charge on any atom is 0.242 e. The fraction of sp³-hybridized carbons (Fsp3) is 0.412. The van der Waals surface area contributed by atoms with Crippen LogP contribution in [-0.2, 0) is 4.79 Å². The van der Waals surface area contributed by atoms with E-state index in [1.165, 1.54) is 11.0 Å². The van der Waals surface area contributed by atoms with Crippen LogP contribution in [0.15, 0.2) is 22.7 Å². The van der Waals surface area contributed by atoms with Crippen LogP contribution in [0.4, 0.5) is 8.78 Å². The van der Waals surface area contributed by atoms with Crippen LogP contribution < -0.4 is 5.32 Å². The molecule has 0 aliphatic rings. The lowest BCUT2D eigenvalue weighted by atomic mass is 10.0. The molecule has 0 aliphatic carbocycles. The van der Waals surface area contributed by atoms with Crippen molar-refractivity contribution >= 4 is 5.91 Å². The highest BCUT2D eigenvalue weighted by atomic mass is 19.1. The highest BCUT2D eigenvalue weighted by Crippen LogP contribution is 2.27. The molecule has 2 aromatic rings. The normalized spacial score (nSPS) is 13.8. The summed E-state index contributed by atoms with van der Waals surface area (Å²) in [6, 6.07) is 2.06. The number of nitrogens with zero attached hydrogens (tertiary/aromatic N) is 2. The molecule has 0 radical (unpaired) electrons. The quantitative estimate of drug-likeness (QED) is 0.911. The van der Waals surface area contributed by atoms with E-state index in [2.05, 4.69) is 10.5 Å². The number of likely N-dealkylation sites (N-methyl/N-ethyl adjacent to an activating group) is 1. The van der Waals surface area contributed by atoms with Crippen molar-refractivity contribution in [3.05, 3.63) is 52.4 Å². The topological polar surface area (TPSA) is 58.4 Å². The van der Waals surface area contributed by atoms with Gasteiger partial charge in [-0.3, -0.25) is 9.69 Å². The molecule has 1 amide bonds. The van der Waals surface area contributed by atoms with Crippen LogP contribution in [0.25, 0.3) is 0 Å². The summed E-state index contributed by atoms with van der Waals surface area (Å²) in [6.45, 7) is 5.29. The average Bonchev–Trinajstić information content (AvgIpc) is 2.81. The molecule has 24 heavy (non-hydrogen) atoms. The first-order valence-corrected chi connectivity index (χ1v) is 7.57. The molecule has 1 aromatic carbocycles. The lowest BCUT2D eigenvalue weighted by Gasteiger charge is -2.26. The van der Waals surface area contributed by atoms with E-state index in [1.807, 2.05) is 0 Å². The van der Waals surface area contributed by atoms with Crippen LogP contribution in [0.2, 0.25) is 0 Å². The van der Waals surface area contributed by atoms with Crippen molar-refractivity contribution < 1.29 is 18.1 Å². The molecular weight excluding hydrogens is 316 g/mol. The second-order valence-corrected chi connectivity index (χ2v) is 5.97. The SMILES string of the molecule is Cc1noc(C)c1[C@@H](C)NC(=O)[C@@H](c1c(F)cccc1F)N(C)C. The molecule has 130 valence electrons. The van der Waals surface area contributed by atoms with Crippen LogP contribution in [-0.4, -0.2) is 30.1 Å². The number of halogens is 2. The standard InChI is InChI=1S/C17H21F2N3O2/c1-9(14-10(2)21-24-11(14)3)20-17(23)16(22(4)5)15-12(18)7-6-8-13(15)19/h6-9,16H,1-5H3,(H,20,23)/t9-,16-/m1/s1. The van der Waals surface area contributed by atoms with Gasteiger partial charge in [0.2, 0.25) is 5.91 Å². The fourth-order valence-corrected chi connectivity index (χ4v) is 2.87. The highest BCUT2D eigenvalue weighted by molar-refractivity contribution is 5.83. The Balaban J connectivity index is 2.31. The number of carbonyl (C=O) groups is 1. The Bertz CT molecular complexity index is 704. The molecule has 0 spiro atoms. The van der Waals surface area contributed by atoms with Gasteiger partial charge in [0.1, 0.15) is 23.4 Å². The largest absolute Gasteiger partial charge is 0.361 e. The first kappa shape index (κ1) is 18.1. The van der Waals surface area contributed by atoms with E-state index in [0.29, 0.717) is 11.5 Å². The van der Waals surface area contributed by atoms with E-state index >= 15 is 0 Å². The molecule has 0 bridgehead atoms. The van der Waals surface area contributed by atoms with Crippen molar-refractivity contribution in [3.8, 4) is 0 Å². The summed E-state index contributed by atoms with van der Waals surface area (Å²) in [4.78, 5) is 14.1. The number of hydrogen-bond acceptors (Lipinski definition) is 4. The van der Waals surface area contributed by atoms with Crippen molar-refractivity contribution in [2.45, 2.75) is 32.9 Å². The molecule has 2 rings (SSSR count). The van der Waals surface area contributed by atoms with E-state index in [1.54, 1.807) is 34.9 Å². The van der Waals surface area contributed by atoms with Crippen LogP contribution in [0.1, 0.15) is 41.6 Å². The Morgan fingerprint density at radius 2 is 1.79 bits per heavy atom. The number of carbonyl (C=O) groups excluding carboxylic acids is 1. The van der Waals surface area contributed by atoms with Gasteiger partial charge in [-0.15, -0.1) is 0 Å². The van der Waals surface area contributed by atoms with E-state index in [0.717, 1.165) is 17.7 Å². The molecule has 1 N–H and O–H groups in total. The molecule has 7 heteroatoms. The van der Waals surface area contributed by atoms with Gasteiger partial charge in [0.25, 0.3) is 0 Å². The molecule has 5 nitrogen and oxygen atoms in total. The molecule has 0 aliphatic heterocycles. The van der Waals surface area contributed by atoms with E-state index in [9.17, 15) is 13.6 Å². The van der Waals surface area contributed by atoms with Crippen molar-refractivity contribution in [2.24, 2.45) is 0 Å². The minimum absolute atomic E-state index is 0.272. The van der Waals surface area contributed by atoms with Crippen LogP contribution >= 0.6 is 0 Å². The average molecular weight is 337 g/mol. The second kappa shape index (κ2) is 7.09. The van der Waals surface area contributed by atoms with Gasteiger partial charge in [0.15, 0.2) is 0 Å². The Hall–Kier alpha value is -2.28. The summed E-state index contributed by atoms with van der Waals surface area (Å²) in [5, 5.41) is 6.64. The zero-order valence-electron chi connectivity index (χ0n) is 14.4. The van der Waals surface area contributed by atoms with E-state index in [4.69, 9.17) is 4.52 Å². The minimum atomic E-state index is -1.09. The fourth-order valence-electron chi connectivity index (χ4n) is 2.87. The van der Waals surface area contributed by atoms with E-state index in [-0.39, 0.29) is 5.56 Å². The van der Waals surface area contributed by atoms with Gasteiger partial charge in [-0.05, 0) is 47.0 Å². The summed E-state index contributed by atoms with van der Waals surface area (Å²) in [6.07, 6.45) is 0. The van der Waals surface area contributed by atoms with Gasteiger partial charge in [0, 0.05) is 5.56 Å². The number of nitrogens with one attached hydrogen (secondary N) is 1. The molecule has 1 heterocycles.